The van der Waals surface area contributed by atoms with E-state index >= 15 is 0 Å². The molecule has 10 heavy (non-hydrogen) atoms. The summed E-state index contributed by atoms with van der Waals surface area (Å²) in [5.74, 6) is 0. The molecule has 0 radical (unpaired) electrons. The Morgan fingerprint density at radius 3 is 1.80 bits per heavy atom. The molecule has 0 atom stereocenters. The average Bonchev–Trinajstić information content (AvgIpc) is 1.77. The number of hydrogen-bond donors (Lipinski definition) is 0. The van der Waals surface area contributed by atoms with E-state index in [4.69, 9.17) is 0 Å². The summed E-state index contributed by atoms with van der Waals surface area (Å²) in [6.07, 6.45) is 0. The Hall–Kier alpha value is 0.923. The summed E-state index contributed by atoms with van der Waals surface area (Å²) >= 11 is 2.27. The standard InChI is InChI=1S/C7H6I.BrH.Zn/c1-6-2-4-7(8)5-3-6;;/h2-5H,1H2;1H;/q-1;;. The molecule has 1 aromatic rings. The fraction of sp³-hybridized carbons (Fsp3) is 0. The van der Waals surface area contributed by atoms with Crippen LogP contribution in [0.4, 0.5) is 0 Å². The van der Waals surface area contributed by atoms with Gasteiger partial charge in [0.05, 0.1) is 0 Å². The minimum atomic E-state index is 0. The number of hydrogen-bond acceptors (Lipinski definition) is 0. The molecule has 0 heterocycles. The summed E-state index contributed by atoms with van der Waals surface area (Å²) in [6, 6.07) is 8.09. The Morgan fingerprint density at radius 1 is 1.10 bits per heavy atom. The summed E-state index contributed by atoms with van der Waals surface area (Å²) in [4.78, 5) is 0. The second-order valence-electron chi connectivity index (χ2n) is 1.63. The topological polar surface area (TPSA) is 0 Å². The zero-order valence-electron chi connectivity index (χ0n) is 5.51. The molecule has 1 aromatic carbocycles. The minimum absolute atomic E-state index is 0. The largest absolute Gasteiger partial charge is 0.199 e. The van der Waals surface area contributed by atoms with Gasteiger partial charge in [-0.15, -0.1) is 29.1 Å². The fourth-order valence-electron chi connectivity index (χ4n) is 0.484. The third-order valence-corrected chi connectivity index (χ3v) is 1.63. The monoisotopic (exact) mass is 361 g/mol. The van der Waals surface area contributed by atoms with Gasteiger partial charge in [0.1, 0.15) is 0 Å². The number of benzene rings is 1. The Balaban J connectivity index is 0. The van der Waals surface area contributed by atoms with Crippen LogP contribution in [0.15, 0.2) is 24.3 Å². The molecule has 0 fully saturated rings. The molecule has 3 heteroatoms. The van der Waals surface area contributed by atoms with Crippen LogP contribution in [-0.4, -0.2) is 0 Å². The Bertz CT molecular complexity index is 152. The molecule has 52 valence electrons. The third-order valence-electron chi connectivity index (χ3n) is 0.913. The predicted octanol–water partition coefficient (Wildman–Crippen LogP) is 3.05. The molecule has 0 nitrogen and oxygen atoms in total. The first-order valence-electron chi connectivity index (χ1n) is 2.36. The first kappa shape index (κ1) is 13.5. The van der Waals surface area contributed by atoms with Crippen molar-refractivity contribution >= 4 is 39.6 Å². The number of halogens is 2. The van der Waals surface area contributed by atoms with E-state index in [0.29, 0.717) is 0 Å². The molecule has 0 spiro atoms. The van der Waals surface area contributed by atoms with Crippen LogP contribution >= 0.6 is 39.6 Å². The van der Waals surface area contributed by atoms with Gasteiger partial charge in [-0.2, -0.15) is 24.6 Å². The van der Waals surface area contributed by atoms with Crippen LogP contribution in [0, 0.1) is 10.5 Å². The van der Waals surface area contributed by atoms with E-state index in [-0.39, 0.29) is 36.5 Å². The van der Waals surface area contributed by atoms with Crippen molar-refractivity contribution in [3.63, 3.8) is 0 Å². The second kappa shape index (κ2) is 6.62. The van der Waals surface area contributed by atoms with E-state index in [9.17, 15) is 0 Å². The Kier molecular flexibility index (Phi) is 8.95. The fourth-order valence-corrected chi connectivity index (χ4v) is 0.844. The van der Waals surface area contributed by atoms with Crippen molar-refractivity contribution in [2.45, 2.75) is 0 Å². The second-order valence-corrected chi connectivity index (χ2v) is 2.87. The van der Waals surface area contributed by atoms with Gasteiger partial charge in [-0.25, -0.2) is 0 Å². The summed E-state index contributed by atoms with van der Waals surface area (Å²) in [7, 11) is 0. The van der Waals surface area contributed by atoms with Crippen LogP contribution in [0.1, 0.15) is 5.56 Å². The quantitative estimate of drug-likeness (QED) is 0.378. The molecule has 0 aliphatic carbocycles. The van der Waals surface area contributed by atoms with Gasteiger partial charge < -0.3 is 0 Å². The molecule has 0 saturated carbocycles. The van der Waals surface area contributed by atoms with Crippen molar-refractivity contribution in [2.75, 3.05) is 0 Å². The van der Waals surface area contributed by atoms with E-state index in [1.807, 2.05) is 24.3 Å². The van der Waals surface area contributed by atoms with E-state index in [0.717, 1.165) is 5.56 Å². The molecule has 0 unspecified atom stereocenters. The Morgan fingerprint density at radius 2 is 1.50 bits per heavy atom. The molecule has 0 bridgehead atoms. The van der Waals surface area contributed by atoms with Crippen molar-refractivity contribution < 1.29 is 19.5 Å². The summed E-state index contributed by atoms with van der Waals surface area (Å²) < 4.78 is 1.26. The van der Waals surface area contributed by atoms with Crippen LogP contribution in [0.2, 0.25) is 0 Å². The van der Waals surface area contributed by atoms with Gasteiger partial charge in [-0.1, -0.05) is 0 Å². The summed E-state index contributed by atoms with van der Waals surface area (Å²) in [5, 5.41) is 0. The zero-order valence-corrected chi connectivity index (χ0v) is 12.3. The summed E-state index contributed by atoms with van der Waals surface area (Å²) in [5.41, 5.74) is 1.07. The van der Waals surface area contributed by atoms with Crippen molar-refractivity contribution in [1.29, 1.82) is 0 Å². The first-order chi connectivity index (χ1) is 3.79. The van der Waals surface area contributed by atoms with E-state index in [1.54, 1.807) is 0 Å². The molecule has 0 amide bonds. The maximum absolute atomic E-state index is 3.76. The minimum Gasteiger partial charge on any atom is -0.199 e. The molecule has 0 aliphatic heterocycles. The van der Waals surface area contributed by atoms with Crippen LogP contribution in [0.5, 0.6) is 0 Å². The SMILES string of the molecule is Br.[CH2-]c1ccc(I)cc1.[Zn]. The molecule has 0 N–H and O–H groups in total. The molecule has 1 rings (SSSR count). The van der Waals surface area contributed by atoms with Crippen molar-refractivity contribution in [3.8, 4) is 0 Å². The molecular formula is C7H7BrIZn-. The van der Waals surface area contributed by atoms with Crippen molar-refractivity contribution in [1.82, 2.24) is 0 Å². The van der Waals surface area contributed by atoms with Gasteiger partial charge in [0.15, 0.2) is 0 Å². The van der Waals surface area contributed by atoms with Gasteiger partial charge in [0.2, 0.25) is 0 Å². The van der Waals surface area contributed by atoms with E-state index in [1.165, 1.54) is 3.57 Å². The van der Waals surface area contributed by atoms with E-state index in [2.05, 4.69) is 29.5 Å². The van der Waals surface area contributed by atoms with Gasteiger partial charge in [0, 0.05) is 19.5 Å². The van der Waals surface area contributed by atoms with Crippen LogP contribution < -0.4 is 0 Å². The number of rotatable bonds is 0. The Labute approximate surface area is 98.5 Å². The normalized spacial score (nSPS) is 7.30. The van der Waals surface area contributed by atoms with E-state index < -0.39 is 0 Å². The molecule has 0 saturated heterocycles. The van der Waals surface area contributed by atoms with Gasteiger partial charge in [0.25, 0.3) is 0 Å². The molecule has 0 aromatic heterocycles. The smallest absolute Gasteiger partial charge is 0 e. The molecular weight excluding hydrogens is 356 g/mol. The van der Waals surface area contributed by atoms with Crippen molar-refractivity contribution in [2.24, 2.45) is 0 Å². The van der Waals surface area contributed by atoms with Gasteiger partial charge in [-0.05, 0) is 26.2 Å². The maximum Gasteiger partial charge on any atom is 0 e. The maximum atomic E-state index is 3.76. The average molecular weight is 363 g/mol. The van der Waals surface area contributed by atoms with Crippen molar-refractivity contribution in [3.05, 3.63) is 40.3 Å². The van der Waals surface area contributed by atoms with Gasteiger partial charge >= 0.3 is 0 Å². The summed E-state index contributed by atoms with van der Waals surface area (Å²) in [6.45, 7) is 3.76. The third kappa shape index (κ3) is 4.70. The van der Waals surface area contributed by atoms with Crippen LogP contribution in [0.25, 0.3) is 0 Å². The van der Waals surface area contributed by atoms with Crippen LogP contribution in [0.3, 0.4) is 0 Å². The van der Waals surface area contributed by atoms with Gasteiger partial charge in [-0.3, -0.25) is 0 Å². The predicted molar refractivity (Wildman–Crippen MR) is 53.9 cm³/mol. The molecule has 0 aliphatic rings. The zero-order chi connectivity index (χ0) is 5.98. The van der Waals surface area contributed by atoms with Crippen LogP contribution in [-0.2, 0) is 19.5 Å². The first-order valence-corrected chi connectivity index (χ1v) is 3.44.